The number of fused-ring (bicyclic) bond motifs is 1. The molecule has 0 aromatic carbocycles. The van der Waals surface area contributed by atoms with Crippen LogP contribution in [0.1, 0.15) is 20.3 Å². The zero-order valence-corrected chi connectivity index (χ0v) is 9.16. The second-order valence-corrected chi connectivity index (χ2v) is 4.49. The van der Waals surface area contributed by atoms with Crippen LogP contribution in [0.3, 0.4) is 0 Å². The fourth-order valence-electron chi connectivity index (χ4n) is 2.04. The number of nitriles is 1. The lowest BCUT2D eigenvalue weighted by molar-refractivity contribution is -0.225. The van der Waals surface area contributed by atoms with E-state index in [2.05, 4.69) is 0 Å². The van der Waals surface area contributed by atoms with Crippen molar-refractivity contribution in [3.05, 3.63) is 0 Å². The minimum atomic E-state index is -1.03. The van der Waals surface area contributed by atoms with Gasteiger partial charge in [-0.1, -0.05) is 0 Å². The van der Waals surface area contributed by atoms with Gasteiger partial charge in [0.25, 0.3) is 0 Å². The lowest BCUT2D eigenvalue weighted by Gasteiger charge is -2.24. The quantitative estimate of drug-likeness (QED) is 0.663. The van der Waals surface area contributed by atoms with Crippen LogP contribution in [0.2, 0.25) is 0 Å². The topological polar surface area (TPSA) is 91.9 Å². The van der Waals surface area contributed by atoms with Crippen LogP contribution in [0.4, 0.5) is 0 Å². The van der Waals surface area contributed by atoms with Crippen LogP contribution in [0.25, 0.3) is 0 Å². The Morgan fingerprint density at radius 2 is 2.12 bits per heavy atom. The third kappa shape index (κ3) is 1.93. The second-order valence-electron chi connectivity index (χ2n) is 4.49. The van der Waals surface area contributed by atoms with Crippen LogP contribution >= 0.6 is 0 Å². The number of rotatable bonds is 2. The molecule has 2 saturated heterocycles. The van der Waals surface area contributed by atoms with Crippen molar-refractivity contribution in [2.45, 2.75) is 56.8 Å². The van der Waals surface area contributed by atoms with Crippen LogP contribution in [0.15, 0.2) is 0 Å². The molecule has 2 aliphatic heterocycles. The molecule has 0 spiro atoms. The summed E-state index contributed by atoms with van der Waals surface area (Å²) in [5, 5.41) is 27.9. The first-order valence-electron chi connectivity index (χ1n) is 5.19. The molecule has 0 unspecified atom stereocenters. The molecule has 5 atom stereocenters. The summed E-state index contributed by atoms with van der Waals surface area (Å²) in [5.41, 5.74) is 0. The number of hydrogen-bond acceptors (Lipinski definition) is 6. The number of nitrogens with zero attached hydrogens (tertiary/aromatic N) is 1. The molecule has 6 heteroatoms. The van der Waals surface area contributed by atoms with E-state index in [-0.39, 0.29) is 6.42 Å². The molecule has 2 heterocycles. The Kier molecular flexibility index (Phi) is 2.90. The van der Waals surface area contributed by atoms with Crippen LogP contribution < -0.4 is 0 Å². The number of ether oxygens (including phenoxy) is 3. The lowest BCUT2D eigenvalue weighted by atomic mass is 10.0. The highest BCUT2D eigenvalue weighted by atomic mass is 16.8. The highest BCUT2D eigenvalue weighted by Gasteiger charge is 2.55. The fraction of sp³-hybridized carbons (Fsp3) is 0.900. The molecule has 2 aliphatic rings. The molecule has 0 saturated carbocycles. The Labute approximate surface area is 93.3 Å². The molecule has 0 aliphatic carbocycles. The van der Waals surface area contributed by atoms with E-state index >= 15 is 0 Å². The van der Waals surface area contributed by atoms with Crippen molar-refractivity contribution in [3.8, 4) is 6.07 Å². The summed E-state index contributed by atoms with van der Waals surface area (Å²) >= 11 is 0. The molecule has 2 N–H and O–H groups in total. The van der Waals surface area contributed by atoms with Gasteiger partial charge in [-0.2, -0.15) is 5.26 Å². The van der Waals surface area contributed by atoms with Crippen molar-refractivity contribution in [3.63, 3.8) is 0 Å². The average molecular weight is 229 g/mol. The minimum Gasteiger partial charge on any atom is -0.389 e. The molecule has 2 rings (SSSR count). The predicted octanol–water partition coefficient (Wildman–Crippen LogP) is -0.502. The molecule has 16 heavy (non-hydrogen) atoms. The summed E-state index contributed by atoms with van der Waals surface area (Å²) in [7, 11) is 0. The molecular weight excluding hydrogens is 214 g/mol. The highest BCUT2D eigenvalue weighted by molar-refractivity contribution is 4.97. The van der Waals surface area contributed by atoms with Gasteiger partial charge >= 0.3 is 0 Å². The Morgan fingerprint density at radius 3 is 2.69 bits per heavy atom. The molecule has 90 valence electrons. The highest BCUT2D eigenvalue weighted by Crippen LogP contribution is 2.38. The molecule has 0 radical (unpaired) electrons. The first-order chi connectivity index (χ1) is 7.44. The molecule has 2 fully saturated rings. The summed E-state index contributed by atoms with van der Waals surface area (Å²) < 4.78 is 16.2. The van der Waals surface area contributed by atoms with E-state index in [4.69, 9.17) is 19.5 Å². The SMILES string of the molecule is CC1(C)O[C@H]2O[C@H]([C@H](O)CC#N)[C@@H](O)[C@H]2O1. The van der Waals surface area contributed by atoms with Crippen LogP contribution in [-0.2, 0) is 14.2 Å². The van der Waals surface area contributed by atoms with Crippen LogP contribution in [-0.4, -0.2) is 46.7 Å². The van der Waals surface area contributed by atoms with Crippen molar-refractivity contribution in [2.75, 3.05) is 0 Å². The van der Waals surface area contributed by atoms with E-state index in [0.29, 0.717) is 0 Å². The van der Waals surface area contributed by atoms with Gasteiger partial charge in [0.1, 0.15) is 18.3 Å². The molecule has 0 bridgehead atoms. The number of aliphatic hydroxyl groups excluding tert-OH is 2. The van der Waals surface area contributed by atoms with Gasteiger partial charge in [-0.25, -0.2) is 0 Å². The summed E-state index contributed by atoms with van der Waals surface area (Å²) in [6.07, 6.45) is -4.21. The fourth-order valence-corrected chi connectivity index (χ4v) is 2.04. The Balaban J connectivity index is 2.03. The van der Waals surface area contributed by atoms with E-state index in [1.165, 1.54) is 0 Å². The monoisotopic (exact) mass is 229 g/mol. The predicted molar refractivity (Wildman–Crippen MR) is 50.9 cm³/mol. The van der Waals surface area contributed by atoms with Gasteiger partial charge in [0.2, 0.25) is 0 Å². The van der Waals surface area contributed by atoms with Gasteiger partial charge in [-0.15, -0.1) is 0 Å². The maximum absolute atomic E-state index is 9.89. The standard InChI is InChI=1S/C10H15NO5/c1-10(2)15-8-6(13)7(5(12)3-4-11)14-9(8)16-10/h5-9,12-13H,3H2,1-2H3/t5-,6-,7-,8-,9-/m1/s1. The Bertz CT molecular complexity index is 313. The van der Waals surface area contributed by atoms with E-state index in [9.17, 15) is 10.2 Å². The van der Waals surface area contributed by atoms with Crippen LogP contribution in [0, 0.1) is 11.3 Å². The van der Waals surface area contributed by atoms with E-state index in [1.807, 2.05) is 6.07 Å². The summed E-state index contributed by atoms with van der Waals surface area (Å²) in [6.45, 7) is 3.45. The van der Waals surface area contributed by atoms with Crippen molar-refractivity contribution in [1.29, 1.82) is 5.26 Å². The second kappa shape index (κ2) is 3.95. The van der Waals surface area contributed by atoms with Gasteiger partial charge in [-0.3, -0.25) is 0 Å². The third-order valence-electron chi connectivity index (χ3n) is 2.73. The molecule has 0 aromatic heterocycles. The normalized spacial score (nSPS) is 42.7. The number of hydrogen-bond donors (Lipinski definition) is 2. The zero-order valence-electron chi connectivity index (χ0n) is 9.16. The smallest absolute Gasteiger partial charge is 0.190 e. The number of aliphatic hydroxyl groups is 2. The average Bonchev–Trinajstić information content (AvgIpc) is 2.62. The Morgan fingerprint density at radius 1 is 1.44 bits per heavy atom. The van der Waals surface area contributed by atoms with Crippen LogP contribution in [0.5, 0.6) is 0 Å². The van der Waals surface area contributed by atoms with Gasteiger partial charge in [-0.05, 0) is 13.8 Å². The summed E-state index contributed by atoms with van der Waals surface area (Å²) in [4.78, 5) is 0. The van der Waals surface area contributed by atoms with E-state index in [0.717, 1.165) is 0 Å². The van der Waals surface area contributed by atoms with E-state index in [1.54, 1.807) is 13.8 Å². The lowest BCUT2D eigenvalue weighted by Crippen LogP contribution is -2.40. The minimum absolute atomic E-state index is 0.0927. The molecule has 0 aromatic rings. The van der Waals surface area contributed by atoms with Crippen molar-refractivity contribution >= 4 is 0 Å². The maximum atomic E-state index is 9.89. The summed E-state index contributed by atoms with van der Waals surface area (Å²) in [6, 6.07) is 1.82. The summed E-state index contributed by atoms with van der Waals surface area (Å²) in [5.74, 6) is -0.790. The van der Waals surface area contributed by atoms with E-state index < -0.39 is 36.5 Å². The molecular formula is C10H15NO5. The molecule has 0 amide bonds. The first kappa shape index (κ1) is 11.8. The van der Waals surface area contributed by atoms with Gasteiger partial charge < -0.3 is 24.4 Å². The Hall–Kier alpha value is -0.710. The maximum Gasteiger partial charge on any atom is 0.190 e. The van der Waals surface area contributed by atoms with Crippen molar-refractivity contribution in [1.82, 2.24) is 0 Å². The third-order valence-corrected chi connectivity index (χ3v) is 2.73. The molecule has 6 nitrogen and oxygen atoms in total. The first-order valence-corrected chi connectivity index (χ1v) is 5.19. The van der Waals surface area contributed by atoms with Crippen molar-refractivity contribution < 1.29 is 24.4 Å². The van der Waals surface area contributed by atoms with Gasteiger partial charge in [0.15, 0.2) is 12.1 Å². The van der Waals surface area contributed by atoms with Gasteiger partial charge in [0.05, 0.1) is 18.6 Å². The van der Waals surface area contributed by atoms with Crippen molar-refractivity contribution in [2.24, 2.45) is 0 Å². The largest absolute Gasteiger partial charge is 0.389 e. The van der Waals surface area contributed by atoms with Gasteiger partial charge in [0, 0.05) is 0 Å². The zero-order chi connectivity index (χ0) is 11.9.